The molecule has 38 heavy (non-hydrogen) atoms. The van der Waals surface area contributed by atoms with Gasteiger partial charge < -0.3 is 19.0 Å². The van der Waals surface area contributed by atoms with E-state index < -0.39 is 15.1 Å². The number of amidine groups is 1. The van der Waals surface area contributed by atoms with E-state index in [-0.39, 0.29) is 12.6 Å². The number of methoxy groups -OCH3 is 1. The fraction of sp³-hybridized carbons (Fsp3) is 0.308. The number of oxime groups is 1. The molecule has 3 aromatic rings. The first-order chi connectivity index (χ1) is 17.8. The molecule has 0 saturated carbocycles. The SMILES string of the molecule is COc1cc(C=C2CCCN3C2=NOCCC3c2ccc(S(F)(F)(F)(F)F)cc2)ccc1-n1cnc(C)c1. The maximum atomic E-state index is 13.2. The van der Waals surface area contributed by atoms with Crippen molar-refractivity contribution in [2.24, 2.45) is 5.16 Å². The highest BCUT2D eigenvalue weighted by Gasteiger charge is 2.65. The van der Waals surface area contributed by atoms with E-state index in [0.717, 1.165) is 47.5 Å². The molecular formula is C26H27F5N4O2S. The lowest BCUT2D eigenvalue weighted by Gasteiger charge is -2.41. The smallest absolute Gasteiger partial charge is 0.310 e. The highest BCUT2D eigenvalue weighted by Crippen LogP contribution is 3.02. The average Bonchev–Trinajstić information content (AvgIpc) is 3.17. The first-order valence-electron chi connectivity index (χ1n) is 12.0. The molecule has 204 valence electrons. The van der Waals surface area contributed by atoms with Crippen LogP contribution in [0.4, 0.5) is 19.4 Å². The van der Waals surface area contributed by atoms with Gasteiger partial charge in [-0.25, -0.2) is 4.98 Å². The zero-order valence-electron chi connectivity index (χ0n) is 20.8. The summed E-state index contributed by atoms with van der Waals surface area (Å²) < 4.78 is 73.6. The molecule has 1 fully saturated rings. The van der Waals surface area contributed by atoms with Crippen LogP contribution in [-0.2, 0) is 4.84 Å². The maximum Gasteiger partial charge on any atom is 0.310 e. The summed E-state index contributed by atoms with van der Waals surface area (Å²) in [6.45, 7) is 2.75. The lowest BCUT2D eigenvalue weighted by Crippen LogP contribution is -2.39. The lowest BCUT2D eigenvalue weighted by molar-refractivity contribution is 0.140. The predicted octanol–water partition coefficient (Wildman–Crippen LogP) is 7.80. The van der Waals surface area contributed by atoms with Crippen LogP contribution < -0.4 is 4.74 Å². The molecule has 0 amide bonds. The minimum absolute atomic E-state index is 0.244. The van der Waals surface area contributed by atoms with Crippen molar-refractivity contribution in [2.45, 2.75) is 37.1 Å². The molecular weight excluding hydrogens is 527 g/mol. The molecule has 0 bridgehead atoms. The van der Waals surface area contributed by atoms with E-state index in [1.807, 2.05) is 46.9 Å². The van der Waals surface area contributed by atoms with E-state index >= 15 is 0 Å². The number of imidazole rings is 1. The van der Waals surface area contributed by atoms with Gasteiger partial charge in [-0.3, -0.25) is 0 Å². The van der Waals surface area contributed by atoms with Crippen molar-refractivity contribution < 1.29 is 29.0 Å². The summed E-state index contributed by atoms with van der Waals surface area (Å²) in [6.07, 6.45) is 7.55. The van der Waals surface area contributed by atoms with Crippen LogP contribution in [0, 0.1) is 6.92 Å². The van der Waals surface area contributed by atoms with Crippen LogP contribution in [0.15, 0.2) is 70.6 Å². The zero-order chi connectivity index (χ0) is 27.2. The molecule has 1 aromatic heterocycles. The molecule has 1 unspecified atom stereocenters. The number of hydrogen-bond donors (Lipinski definition) is 0. The number of aryl methyl sites for hydroxylation is 1. The van der Waals surface area contributed by atoms with Crippen LogP contribution in [0.1, 0.15) is 42.1 Å². The molecule has 12 heteroatoms. The van der Waals surface area contributed by atoms with Crippen molar-refractivity contribution in [1.29, 1.82) is 0 Å². The van der Waals surface area contributed by atoms with Crippen molar-refractivity contribution in [2.75, 3.05) is 20.3 Å². The Morgan fingerprint density at radius 3 is 2.50 bits per heavy atom. The summed E-state index contributed by atoms with van der Waals surface area (Å²) in [5.74, 6) is 1.24. The average molecular weight is 555 g/mol. The summed E-state index contributed by atoms with van der Waals surface area (Å²) in [4.78, 5) is 9.85. The molecule has 5 rings (SSSR count). The normalized spacial score (nSPS) is 21.0. The van der Waals surface area contributed by atoms with E-state index in [4.69, 9.17) is 9.57 Å². The standard InChI is InChI=1S/C26H27F5N4O2S/c1-18-16-34(17-32-18)24-10-5-19(15-25(24)36-2)14-21-4-3-12-35-23(11-13-37-33-26(21)35)20-6-8-22(9-7-20)38(27,28,29,30)31/h5-10,14-17,23H,3-4,11-13H2,1-2H3. The summed E-state index contributed by atoms with van der Waals surface area (Å²) in [6, 6.07) is 8.61. The maximum absolute atomic E-state index is 13.2. The Balaban J connectivity index is 1.45. The van der Waals surface area contributed by atoms with E-state index in [1.54, 1.807) is 13.4 Å². The number of ether oxygens (including phenoxy) is 1. The molecule has 1 atom stereocenters. The Labute approximate surface area is 217 Å². The third kappa shape index (κ3) is 5.35. The fourth-order valence-corrected chi connectivity index (χ4v) is 5.52. The van der Waals surface area contributed by atoms with Gasteiger partial charge in [0, 0.05) is 19.2 Å². The van der Waals surface area contributed by atoms with E-state index in [1.165, 1.54) is 0 Å². The topological polar surface area (TPSA) is 51.9 Å². The summed E-state index contributed by atoms with van der Waals surface area (Å²) in [5.41, 5.74) is 4.00. The lowest BCUT2D eigenvalue weighted by atomic mass is 9.95. The molecule has 3 heterocycles. The summed E-state index contributed by atoms with van der Waals surface area (Å²) in [5, 5.41) is 4.32. The Morgan fingerprint density at radius 2 is 1.84 bits per heavy atom. The first kappa shape index (κ1) is 26.1. The Hall–Kier alpha value is -3.54. The highest BCUT2D eigenvalue weighted by molar-refractivity contribution is 8.45. The molecule has 0 N–H and O–H groups in total. The third-order valence-electron chi connectivity index (χ3n) is 6.66. The minimum Gasteiger partial charge on any atom is -0.495 e. The van der Waals surface area contributed by atoms with Gasteiger partial charge in [0.1, 0.15) is 17.3 Å². The van der Waals surface area contributed by atoms with Gasteiger partial charge in [0.25, 0.3) is 0 Å². The third-order valence-corrected chi connectivity index (χ3v) is 7.82. The van der Waals surface area contributed by atoms with Crippen LogP contribution in [0.3, 0.4) is 0 Å². The second-order valence-electron chi connectivity index (χ2n) is 9.41. The van der Waals surface area contributed by atoms with Gasteiger partial charge in [-0.1, -0.05) is 42.8 Å². The quantitative estimate of drug-likeness (QED) is 0.302. The van der Waals surface area contributed by atoms with Gasteiger partial charge in [0.2, 0.25) is 0 Å². The van der Waals surface area contributed by atoms with Crippen LogP contribution in [0.5, 0.6) is 5.75 Å². The molecule has 0 radical (unpaired) electrons. The van der Waals surface area contributed by atoms with Crippen LogP contribution in [0.2, 0.25) is 0 Å². The van der Waals surface area contributed by atoms with E-state index in [9.17, 15) is 19.4 Å². The van der Waals surface area contributed by atoms with Gasteiger partial charge >= 0.3 is 10.2 Å². The van der Waals surface area contributed by atoms with Crippen molar-refractivity contribution in [1.82, 2.24) is 14.5 Å². The molecule has 2 aromatic carbocycles. The molecule has 0 spiro atoms. The van der Waals surface area contributed by atoms with E-state index in [0.29, 0.717) is 42.2 Å². The number of aromatic nitrogens is 2. The van der Waals surface area contributed by atoms with Crippen molar-refractivity contribution in [3.05, 3.63) is 77.4 Å². The minimum atomic E-state index is -9.74. The fourth-order valence-electron chi connectivity index (χ4n) is 4.87. The number of fused-ring (bicyclic) bond motifs is 1. The molecule has 0 aliphatic carbocycles. The highest BCUT2D eigenvalue weighted by atomic mass is 32.5. The second kappa shape index (κ2) is 8.75. The van der Waals surface area contributed by atoms with Crippen molar-refractivity contribution >= 4 is 22.1 Å². The monoisotopic (exact) mass is 554 g/mol. The van der Waals surface area contributed by atoms with Gasteiger partial charge in [0.15, 0.2) is 5.84 Å². The van der Waals surface area contributed by atoms with Gasteiger partial charge in [0.05, 0.1) is 30.9 Å². The molecule has 2 aliphatic rings. The Bertz CT molecular complexity index is 1420. The Kier molecular flexibility index (Phi) is 6.01. The molecule has 6 nitrogen and oxygen atoms in total. The van der Waals surface area contributed by atoms with Crippen LogP contribution in [0.25, 0.3) is 11.8 Å². The van der Waals surface area contributed by atoms with E-state index in [2.05, 4.69) is 10.1 Å². The van der Waals surface area contributed by atoms with Crippen molar-refractivity contribution in [3.8, 4) is 11.4 Å². The zero-order valence-corrected chi connectivity index (χ0v) is 21.6. The summed E-state index contributed by atoms with van der Waals surface area (Å²) >= 11 is 0. The van der Waals surface area contributed by atoms with Gasteiger partial charge in [-0.2, -0.15) is 0 Å². The number of nitrogens with zero attached hydrogens (tertiary/aromatic N) is 4. The van der Waals surface area contributed by atoms with Crippen LogP contribution in [-0.4, -0.2) is 40.5 Å². The number of piperidine rings is 1. The van der Waals surface area contributed by atoms with Gasteiger partial charge in [-0.05, 0) is 66.8 Å². The molecule has 1 saturated heterocycles. The predicted molar refractivity (Wildman–Crippen MR) is 137 cm³/mol. The first-order valence-corrected chi connectivity index (χ1v) is 14.0. The Morgan fingerprint density at radius 1 is 1.08 bits per heavy atom. The largest absolute Gasteiger partial charge is 0.495 e. The van der Waals surface area contributed by atoms with Crippen molar-refractivity contribution in [3.63, 3.8) is 0 Å². The number of benzene rings is 2. The summed E-state index contributed by atoms with van der Waals surface area (Å²) in [7, 11) is -8.14. The molecule has 2 aliphatic heterocycles. The second-order valence-corrected chi connectivity index (χ2v) is 11.8. The van der Waals surface area contributed by atoms with Gasteiger partial charge in [-0.15, -0.1) is 0 Å². The number of hydrogen-bond acceptors (Lipinski definition) is 5. The number of rotatable bonds is 5. The van der Waals surface area contributed by atoms with Crippen LogP contribution >= 0.6 is 10.2 Å². The number of halogens is 5.